The molecule has 1 amide bonds. The summed E-state index contributed by atoms with van der Waals surface area (Å²) in [6.45, 7) is 0.684. The molecule has 0 aliphatic heterocycles. The van der Waals surface area contributed by atoms with Gasteiger partial charge in [0, 0.05) is 18.4 Å². The number of hydrogen-bond donors (Lipinski definition) is 1. The molecule has 132 valence electrons. The number of carbonyl (C=O) groups excluding carboxylic acids is 2. The summed E-state index contributed by atoms with van der Waals surface area (Å²) in [4.78, 5) is 23.1. The van der Waals surface area contributed by atoms with Crippen molar-refractivity contribution in [3.05, 3.63) is 45.8 Å². The lowest BCUT2D eigenvalue weighted by Crippen LogP contribution is -2.24. The van der Waals surface area contributed by atoms with E-state index in [1.807, 2.05) is 30.3 Å². The molecule has 1 aromatic carbocycles. The predicted molar refractivity (Wildman–Crippen MR) is 93.6 cm³/mol. The Morgan fingerprint density at radius 1 is 1.21 bits per heavy atom. The Bertz CT molecular complexity index is 591. The van der Waals surface area contributed by atoms with Crippen molar-refractivity contribution in [1.82, 2.24) is 5.32 Å². The smallest absolute Gasteiger partial charge is 0.306 e. The third-order valence-corrected chi connectivity index (χ3v) is 4.32. The van der Waals surface area contributed by atoms with Crippen LogP contribution in [0.25, 0.3) is 0 Å². The molecule has 0 aliphatic rings. The molecule has 8 heteroatoms. The molecule has 0 saturated carbocycles. The van der Waals surface area contributed by atoms with Crippen LogP contribution in [-0.2, 0) is 32.0 Å². The van der Waals surface area contributed by atoms with Gasteiger partial charge in [0.25, 0.3) is 5.91 Å². The van der Waals surface area contributed by atoms with E-state index in [-0.39, 0.29) is 17.1 Å². The average Bonchev–Trinajstić information content (AvgIpc) is 2.56. The molecule has 24 heavy (non-hydrogen) atoms. The summed E-state index contributed by atoms with van der Waals surface area (Å²) < 4.78 is 25.9. The highest BCUT2D eigenvalue weighted by atomic mass is 79.9. The Hall–Kier alpha value is -1.51. The number of benzene rings is 1. The molecule has 0 heterocycles. The molecule has 1 rings (SSSR count). The molecule has 0 bridgehead atoms. The number of carbonyl (C=O) groups is 2. The molecular weight excluding hydrogens is 398 g/mol. The lowest BCUT2D eigenvalue weighted by atomic mass is 10.2. The van der Waals surface area contributed by atoms with E-state index >= 15 is 0 Å². The largest absolute Gasteiger partial charge is 0.769 e. The van der Waals surface area contributed by atoms with Crippen molar-refractivity contribution in [2.24, 2.45) is 0 Å². The number of rotatable bonds is 10. The Morgan fingerprint density at radius 2 is 1.92 bits per heavy atom. The normalized spacial score (nSPS) is 12.5. The van der Waals surface area contributed by atoms with Gasteiger partial charge in [-0.3, -0.25) is 13.8 Å². The van der Waals surface area contributed by atoms with Gasteiger partial charge in [-0.2, -0.15) is 0 Å². The van der Waals surface area contributed by atoms with Crippen molar-refractivity contribution in [2.75, 3.05) is 6.54 Å². The van der Waals surface area contributed by atoms with E-state index in [4.69, 9.17) is 4.74 Å². The van der Waals surface area contributed by atoms with Crippen LogP contribution in [0.4, 0.5) is 0 Å². The first-order valence-electron chi connectivity index (χ1n) is 7.42. The van der Waals surface area contributed by atoms with Crippen molar-refractivity contribution in [3.63, 3.8) is 0 Å². The SMILES string of the molecule is O=C(CCCCCNC(=O)/C(Br)=C\S(=O)[O-])OCc1ccccc1. The quantitative estimate of drug-likeness (QED) is 0.273. The summed E-state index contributed by atoms with van der Waals surface area (Å²) in [5, 5.41) is 3.37. The molecule has 6 nitrogen and oxygen atoms in total. The molecule has 0 fully saturated rings. The van der Waals surface area contributed by atoms with E-state index < -0.39 is 17.0 Å². The Morgan fingerprint density at radius 3 is 2.58 bits per heavy atom. The summed E-state index contributed by atoms with van der Waals surface area (Å²) in [5.74, 6) is -0.729. The van der Waals surface area contributed by atoms with Crippen molar-refractivity contribution >= 4 is 38.9 Å². The summed E-state index contributed by atoms with van der Waals surface area (Å²) in [6, 6.07) is 9.47. The van der Waals surface area contributed by atoms with Crippen LogP contribution >= 0.6 is 15.9 Å². The van der Waals surface area contributed by atoms with E-state index in [0.29, 0.717) is 25.8 Å². The van der Waals surface area contributed by atoms with Gasteiger partial charge in [0.2, 0.25) is 0 Å². The number of ether oxygens (including phenoxy) is 1. The van der Waals surface area contributed by atoms with Crippen LogP contribution in [0.1, 0.15) is 31.2 Å². The van der Waals surface area contributed by atoms with Gasteiger partial charge >= 0.3 is 5.97 Å². The van der Waals surface area contributed by atoms with E-state index in [1.54, 1.807) is 0 Å². The third-order valence-electron chi connectivity index (χ3n) is 3.00. The van der Waals surface area contributed by atoms with E-state index in [9.17, 15) is 18.4 Å². The standard InChI is InChI=1S/C16H20BrNO5S/c17-14(12-24(21)22)16(20)18-10-6-2-5-9-15(19)23-11-13-7-3-1-4-8-13/h1,3-4,7-8,12H,2,5-6,9-11H2,(H,18,20)(H,21,22)/p-1/b14-12+. The van der Waals surface area contributed by atoms with Crippen LogP contribution in [0.15, 0.2) is 40.2 Å². The zero-order valence-corrected chi connectivity index (χ0v) is 15.4. The maximum atomic E-state index is 11.6. The molecule has 0 aliphatic carbocycles. The number of esters is 1. The topological polar surface area (TPSA) is 95.5 Å². The monoisotopic (exact) mass is 416 g/mol. The number of unbranched alkanes of at least 4 members (excludes halogenated alkanes) is 2. The molecule has 1 atom stereocenters. The average molecular weight is 417 g/mol. The molecule has 0 radical (unpaired) electrons. The van der Waals surface area contributed by atoms with E-state index in [2.05, 4.69) is 21.2 Å². The first-order valence-corrected chi connectivity index (χ1v) is 9.35. The first kappa shape index (κ1) is 20.5. The fourth-order valence-corrected chi connectivity index (χ4v) is 2.68. The summed E-state index contributed by atoms with van der Waals surface area (Å²) in [7, 11) is 0. The third kappa shape index (κ3) is 9.59. The Labute approximate surface area is 152 Å². The Kier molecular flexibility index (Phi) is 10.2. The second kappa shape index (κ2) is 11.9. The zero-order valence-electron chi connectivity index (χ0n) is 13.0. The first-order chi connectivity index (χ1) is 11.5. The lowest BCUT2D eigenvalue weighted by Gasteiger charge is -2.06. The summed E-state index contributed by atoms with van der Waals surface area (Å²) in [5.41, 5.74) is 0.950. The minimum atomic E-state index is -2.42. The van der Waals surface area contributed by atoms with Crippen LogP contribution in [0.5, 0.6) is 0 Å². The van der Waals surface area contributed by atoms with Crippen LogP contribution < -0.4 is 5.32 Å². The second-order valence-corrected chi connectivity index (χ2v) is 6.55. The van der Waals surface area contributed by atoms with E-state index in [0.717, 1.165) is 17.4 Å². The zero-order chi connectivity index (χ0) is 17.8. The second-order valence-electron chi connectivity index (χ2n) is 4.94. The molecule has 1 unspecified atom stereocenters. The molecule has 0 saturated heterocycles. The van der Waals surface area contributed by atoms with Crippen LogP contribution in [-0.4, -0.2) is 27.2 Å². The maximum absolute atomic E-state index is 11.6. The lowest BCUT2D eigenvalue weighted by molar-refractivity contribution is -0.145. The molecule has 0 spiro atoms. The van der Waals surface area contributed by atoms with Gasteiger partial charge in [-0.1, -0.05) is 36.8 Å². The summed E-state index contributed by atoms with van der Waals surface area (Å²) in [6.07, 6.45) is 2.46. The van der Waals surface area contributed by atoms with Crippen LogP contribution in [0, 0.1) is 0 Å². The van der Waals surface area contributed by atoms with Gasteiger partial charge < -0.3 is 14.6 Å². The minimum absolute atomic E-state index is 0.0414. The van der Waals surface area contributed by atoms with Gasteiger partial charge in [-0.15, -0.1) is 0 Å². The highest BCUT2D eigenvalue weighted by Crippen LogP contribution is 2.07. The number of halogens is 1. The van der Waals surface area contributed by atoms with Gasteiger partial charge in [0.05, 0.1) is 4.48 Å². The van der Waals surface area contributed by atoms with Gasteiger partial charge in [-0.05, 0) is 45.4 Å². The fourth-order valence-electron chi connectivity index (χ4n) is 1.81. The van der Waals surface area contributed by atoms with Crippen molar-refractivity contribution in [2.45, 2.75) is 32.3 Å². The fraction of sp³-hybridized carbons (Fsp3) is 0.375. The van der Waals surface area contributed by atoms with Crippen molar-refractivity contribution in [1.29, 1.82) is 0 Å². The predicted octanol–water partition coefficient (Wildman–Crippen LogP) is 2.52. The summed E-state index contributed by atoms with van der Waals surface area (Å²) >= 11 is 0.458. The molecule has 1 aromatic rings. The van der Waals surface area contributed by atoms with E-state index in [1.165, 1.54) is 0 Å². The van der Waals surface area contributed by atoms with Gasteiger partial charge in [0.15, 0.2) is 0 Å². The minimum Gasteiger partial charge on any atom is -0.769 e. The van der Waals surface area contributed by atoms with Gasteiger partial charge in [-0.25, -0.2) is 0 Å². The van der Waals surface area contributed by atoms with Crippen LogP contribution in [0.2, 0.25) is 0 Å². The number of hydrogen-bond acceptors (Lipinski definition) is 5. The Balaban J connectivity index is 2.06. The van der Waals surface area contributed by atoms with Crippen molar-refractivity contribution in [3.8, 4) is 0 Å². The van der Waals surface area contributed by atoms with Gasteiger partial charge in [0.1, 0.15) is 6.61 Å². The number of nitrogens with one attached hydrogen (secondary N) is 1. The number of amides is 1. The van der Waals surface area contributed by atoms with Crippen LogP contribution in [0.3, 0.4) is 0 Å². The highest BCUT2D eigenvalue weighted by molar-refractivity contribution is 9.12. The van der Waals surface area contributed by atoms with Crippen molar-refractivity contribution < 1.29 is 23.1 Å². The highest BCUT2D eigenvalue weighted by Gasteiger charge is 2.06. The molecule has 0 aromatic heterocycles. The maximum Gasteiger partial charge on any atom is 0.306 e. The molecular formula is C16H19BrNO5S-. The molecule has 1 N–H and O–H groups in total.